The first-order valence-electron chi connectivity index (χ1n) is 8.29. The van der Waals surface area contributed by atoms with Gasteiger partial charge in [0, 0.05) is 18.5 Å². The third-order valence-corrected chi connectivity index (χ3v) is 4.24. The number of carbonyl (C=O) groups excluding carboxylic acids is 1. The first-order valence-corrected chi connectivity index (χ1v) is 8.29. The lowest BCUT2D eigenvalue weighted by molar-refractivity contribution is -0.137. The number of rotatable bonds is 9. The number of nitrogens with one attached hydrogen (secondary N) is 1. The normalized spacial score (nSPS) is 12.9. The van der Waals surface area contributed by atoms with Gasteiger partial charge in [0.2, 0.25) is 0 Å². The Balaban J connectivity index is 1.63. The third-order valence-electron chi connectivity index (χ3n) is 4.24. The minimum Gasteiger partial charge on any atom is -0.481 e. The van der Waals surface area contributed by atoms with Crippen LogP contribution in [-0.4, -0.2) is 23.5 Å². The van der Waals surface area contributed by atoms with Crippen LogP contribution in [0.1, 0.15) is 66.4 Å². The highest BCUT2D eigenvalue weighted by atomic mass is 16.4. The van der Waals surface area contributed by atoms with Gasteiger partial charge in [-0.25, -0.2) is 0 Å². The molecule has 1 aromatic rings. The summed E-state index contributed by atoms with van der Waals surface area (Å²) in [4.78, 5) is 22.6. The van der Waals surface area contributed by atoms with Gasteiger partial charge in [0.25, 0.3) is 5.91 Å². The van der Waals surface area contributed by atoms with Crippen molar-refractivity contribution in [3.8, 4) is 0 Å². The smallest absolute Gasteiger partial charge is 0.303 e. The highest BCUT2D eigenvalue weighted by Gasteiger charge is 2.18. The molecular formula is C18H25NO3. The molecule has 2 N–H and O–H groups in total. The summed E-state index contributed by atoms with van der Waals surface area (Å²) in [5.74, 6) is -0.674. The molecule has 0 bridgehead atoms. The van der Waals surface area contributed by atoms with Crippen molar-refractivity contribution < 1.29 is 14.7 Å². The second kappa shape index (κ2) is 8.57. The molecule has 0 spiro atoms. The average molecular weight is 303 g/mol. The van der Waals surface area contributed by atoms with Gasteiger partial charge >= 0.3 is 5.97 Å². The molecule has 1 aromatic carbocycles. The molecular weight excluding hydrogens is 278 g/mol. The molecule has 1 aliphatic carbocycles. The summed E-state index contributed by atoms with van der Waals surface area (Å²) in [5, 5.41) is 11.5. The van der Waals surface area contributed by atoms with Crippen LogP contribution in [0.3, 0.4) is 0 Å². The molecule has 2 rings (SSSR count). The Morgan fingerprint density at radius 2 is 1.82 bits per heavy atom. The molecule has 120 valence electrons. The lowest BCUT2D eigenvalue weighted by atomic mass is 10.0. The van der Waals surface area contributed by atoms with E-state index in [1.807, 2.05) is 12.1 Å². The van der Waals surface area contributed by atoms with E-state index >= 15 is 0 Å². The van der Waals surface area contributed by atoms with E-state index in [1.54, 1.807) is 0 Å². The van der Waals surface area contributed by atoms with Crippen LogP contribution >= 0.6 is 0 Å². The number of hydrogen-bond donors (Lipinski definition) is 2. The Hall–Kier alpha value is -1.84. The Labute approximate surface area is 131 Å². The van der Waals surface area contributed by atoms with Crippen LogP contribution in [0.2, 0.25) is 0 Å². The van der Waals surface area contributed by atoms with Crippen molar-refractivity contribution in [3.05, 3.63) is 34.9 Å². The number of hydrogen-bond acceptors (Lipinski definition) is 2. The van der Waals surface area contributed by atoms with Crippen molar-refractivity contribution in [2.24, 2.45) is 0 Å². The molecule has 0 atom stereocenters. The maximum Gasteiger partial charge on any atom is 0.303 e. The van der Waals surface area contributed by atoms with E-state index in [-0.39, 0.29) is 12.3 Å². The summed E-state index contributed by atoms with van der Waals surface area (Å²) in [6.07, 6.45) is 8.23. The van der Waals surface area contributed by atoms with Gasteiger partial charge in [-0.2, -0.15) is 0 Å². The molecule has 22 heavy (non-hydrogen) atoms. The number of benzene rings is 1. The van der Waals surface area contributed by atoms with E-state index in [9.17, 15) is 9.59 Å². The van der Waals surface area contributed by atoms with Crippen LogP contribution in [0.15, 0.2) is 18.2 Å². The fourth-order valence-electron chi connectivity index (χ4n) is 3.06. The van der Waals surface area contributed by atoms with Gasteiger partial charge in [-0.15, -0.1) is 0 Å². The number of carboxylic acid groups (broad SMARTS) is 1. The molecule has 0 saturated carbocycles. The second-order valence-corrected chi connectivity index (χ2v) is 5.96. The van der Waals surface area contributed by atoms with Crippen LogP contribution < -0.4 is 5.32 Å². The highest BCUT2D eigenvalue weighted by Crippen LogP contribution is 2.25. The van der Waals surface area contributed by atoms with E-state index in [0.29, 0.717) is 6.54 Å². The SMILES string of the molecule is O=C(O)CCCCCCCNC(=O)c1cccc2c1CCC2. The molecule has 1 amide bonds. The Morgan fingerprint density at radius 3 is 2.64 bits per heavy atom. The number of aliphatic carboxylic acids is 1. The van der Waals surface area contributed by atoms with Crippen LogP contribution in [-0.2, 0) is 17.6 Å². The molecule has 1 aliphatic rings. The summed E-state index contributed by atoms with van der Waals surface area (Å²) in [6.45, 7) is 0.696. The van der Waals surface area contributed by atoms with Crippen molar-refractivity contribution >= 4 is 11.9 Å². The fourth-order valence-corrected chi connectivity index (χ4v) is 3.06. The lowest BCUT2D eigenvalue weighted by Crippen LogP contribution is -2.25. The topological polar surface area (TPSA) is 66.4 Å². The quantitative estimate of drug-likeness (QED) is 0.688. The van der Waals surface area contributed by atoms with Crippen LogP contribution in [0.25, 0.3) is 0 Å². The minimum absolute atomic E-state index is 0.0460. The van der Waals surface area contributed by atoms with Gasteiger partial charge < -0.3 is 10.4 Å². The molecule has 0 aliphatic heterocycles. The second-order valence-electron chi connectivity index (χ2n) is 5.96. The molecule has 0 aromatic heterocycles. The van der Waals surface area contributed by atoms with Crippen LogP contribution in [0, 0.1) is 0 Å². The molecule has 0 radical (unpaired) electrons. The summed E-state index contributed by atoms with van der Waals surface area (Å²) in [7, 11) is 0. The van der Waals surface area contributed by atoms with Crippen molar-refractivity contribution in [1.29, 1.82) is 0 Å². The average Bonchev–Trinajstić information content (AvgIpc) is 2.97. The van der Waals surface area contributed by atoms with Gasteiger partial charge in [-0.05, 0) is 49.3 Å². The summed E-state index contributed by atoms with van der Waals surface area (Å²) < 4.78 is 0. The third kappa shape index (κ3) is 4.86. The largest absolute Gasteiger partial charge is 0.481 e. The zero-order valence-corrected chi connectivity index (χ0v) is 13.1. The van der Waals surface area contributed by atoms with Crippen LogP contribution in [0.4, 0.5) is 0 Å². The van der Waals surface area contributed by atoms with Gasteiger partial charge in [0.1, 0.15) is 0 Å². The number of aryl methyl sites for hydroxylation is 1. The Morgan fingerprint density at radius 1 is 1.05 bits per heavy atom. The summed E-state index contributed by atoms with van der Waals surface area (Å²) >= 11 is 0. The molecule has 4 heteroatoms. The first-order chi connectivity index (χ1) is 10.7. The van der Waals surface area contributed by atoms with E-state index in [0.717, 1.165) is 56.9 Å². The standard InChI is InChI=1S/C18H25NO3/c20-17(21)12-4-2-1-3-5-13-19-18(22)16-11-7-9-14-8-6-10-15(14)16/h7,9,11H,1-6,8,10,12-13H2,(H,19,22)(H,20,21). The number of carboxylic acids is 1. The number of unbranched alkanes of at least 4 members (excludes halogenated alkanes) is 4. The maximum atomic E-state index is 12.2. The zero-order chi connectivity index (χ0) is 15.8. The first kappa shape index (κ1) is 16.5. The summed E-state index contributed by atoms with van der Waals surface area (Å²) in [5.41, 5.74) is 3.40. The molecule has 0 saturated heterocycles. The Kier molecular flexibility index (Phi) is 6.44. The van der Waals surface area contributed by atoms with Gasteiger partial charge in [-0.3, -0.25) is 9.59 Å². The van der Waals surface area contributed by atoms with E-state index < -0.39 is 5.97 Å². The van der Waals surface area contributed by atoms with Gasteiger partial charge in [0.15, 0.2) is 0 Å². The predicted octanol–water partition coefficient (Wildman–Crippen LogP) is 3.33. The predicted molar refractivity (Wildman–Crippen MR) is 86.1 cm³/mol. The molecule has 4 nitrogen and oxygen atoms in total. The monoisotopic (exact) mass is 303 g/mol. The van der Waals surface area contributed by atoms with E-state index in [2.05, 4.69) is 11.4 Å². The van der Waals surface area contributed by atoms with E-state index in [4.69, 9.17) is 5.11 Å². The lowest BCUT2D eigenvalue weighted by Gasteiger charge is -2.09. The van der Waals surface area contributed by atoms with Gasteiger partial charge in [-0.1, -0.05) is 31.4 Å². The van der Waals surface area contributed by atoms with Crippen molar-refractivity contribution in [2.45, 2.75) is 57.8 Å². The number of carbonyl (C=O) groups is 2. The Bertz CT molecular complexity index is 525. The fraction of sp³-hybridized carbons (Fsp3) is 0.556. The molecule has 0 heterocycles. The van der Waals surface area contributed by atoms with Gasteiger partial charge in [0.05, 0.1) is 0 Å². The van der Waals surface area contributed by atoms with Crippen LogP contribution in [0.5, 0.6) is 0 Å². The maximum absolute atomic E-state index is 12.2. The number of amides is 1. The van der Waals surface area contributed by atoms with Crippen molar-refractivity contribution in [2.75, 3.05) is 6.54 Å². The molecule has 0 fully saturated rings. The molecule has 0 unspecified atom stereocenters. The minimum atomic E-state index is -0.720. The zero-order valence-electron chi connectivity index (χ0n) is 13.1. The van der Waals surface area contributed by atoms with Crippen molar-refractivity contribution in [3.63, 3.8) is 0 Å². The summed E-state index contributed by atoms with van der Waals surface area (Å²) in [6, 6.07) is 6.02. The number of fused-ring (bicyclic) bond motifs is 1. The van der Waals surface area contributed by atoms with Crippen molar-refractivity contribution in [1.82, 2.24) is 5.32 Å². The highest BCUT2D eigenvalue weighted by molar-refractivity contribution is 5.96. The van der Waals surface area contributed by atoms with E-state index in [1.165, 1.54) is 11.1 Å².